The van der Waals surface area contributed by atoms with E-state index in [-0.39, 0.29) is 5.78 Å². The first-order chi connectivity index (χ1) is 7.36. The Labute approximate surface area is 94.7 Å². The minimum absolute atomic E-state index is 0.288. The number of nitrogens with one attached hydrogen (secondary N) is 1. The number of ketones is 1. The molecule has 1 aromatic heterocycles. The molecule has 0 spiro atoms. The lowest BCUT2D eigenvalue weighted by molar-refractivity contribution is 0.0968. The lowest BCUT2D eigenvalue weighted by Gasteiger charge is -2.13. The van der Waals surface area contributed by atoms with Crippen molar-refractivity contribution >= 4 is 17.1 Å². The van der Waals surface area contributed by atoms with E-state index in [4.69, 9.17) is 0 Å². The molecule has 2 heterocycles. The summed E-state index contributed by atoms with van der Waals surface area (Å²) in [6.45, 7) is 1.07. The molecule has 0 bridgehead atoms. The number of thiophene rings is 1. The fourth-order valence-corrected chi connectivity index (χ4v) is 2.70. The zero-order chi connectivity index (χ0) is 10.5. The van der Waals surface area contributed by atoms with E-state index < -0.39 is 0 Å². The van der Waals surface area contributed by atoms with Crippen LogP contribution in [-0.4, -0.2) is 18.4 Å². The first-order valence-corrected chi connectivity index (χ1v) is 6.59. The fraction of sp³-hybridized carbons (Fsp3) is 0.583. The molecule has 1 fully saturated rings. The molecular weight excluding hydrogens is 206 g/mol. The van der Waals surface area contributed by atoms with Gasteiger partial charge in [-0.05, 0) is 30.8 Å². The average Bonchev–Trinajstić information content (AvgIpc) is 2.65. The highest BCUT2D eigenvalue weighted by atomic mass is 32.1. The van der Waals surface area contributed by atoms with Gasteiger partial charge in [-0.15, -0.1) is 0 Å². The van der Waals surface area contributed by atoms with E-state index in [2.05, 4.69) is 5.32 Å². The normalized spacial score (nSPS) is 22.3. The van der Waals surface area contributed by atoms with Crippen LogP contribution in [0.5, 0.6) is 0 Å². The number of carbonyl (C=O) groups is 1. The molecule has 2 rings (SSSR count). The minimum atomic E-state index is 0.288. The molecule has 0 saturated carbocycles. The number of hydrogen-bond acceptors (Lipinski definition) is 3. The summed E-state index contributed by atoms with van der Waals surface area (Å²) in [5.41, 5.74) is 0.881. The second kappa shape index (κ2) is 5.42. The van der Waals surface area contributed by atoms with Gasteiger partial charge in [0.15, 0.2) is 5.78 Å². The monoisotopic (exact) mass is 223 g/mol. The summed E-state index contributed by atoms with van der Waals surface area (Å²) in [7, 11) is 0. The Hall–Kier alpha value is -0.670. The zero-order valence-corrected chi connectivity index (χ0v) is 9.69. The molecule has 2 nitrogen and oxygen atoms in total. The Morgan fingerprint density at radius 2 is 2.40 bits per heavy atom. The third kappa shape index (κ3) is 3.14. The molecule has 82 valence electrons. The van der Waals surface area contributed by atoms with Gasteiger partial charge in [-0.1, -0.05) is 12.8 Å². The zero-order valence-electron chi connectivity index (χ0n) is 8.87. The van der Waals surface area contributed by atoms with E-state index in [1.807, 2.05) is 16.8 Å². The molecule has 1 aliphatic heterocycles. The summed E-state index contributed by atoms with van der Waals surface area (Å²) in [6, 6.07) is 2.32. The van der Waals surface area contributed by atoms with Crippen LogP contribution in [0, 0.1) is 0 Å². The van der Waals surface area contributed by atoms with Gasteiger partial charge in [0.2, 0.25) is 0 Å². The number of rotatable bonds is 3. The highest BCUT2D eigenvalue weighted by molar-refractivity contribution is 7.08. The topological polar surface area (TPSA) is 29.1 Å². The predicted molar refractivity (Wildman–Crippen MR) is 63.5 cm³/mol. The van der Waals surface area contributed by atoms with E-state index in [0.717, 1.165) is 18.5 Å². The van der Waals surface area contributed by atoms with Crippen molar-refractivity contribution in [3.05, 3.63) is 22.4 Å². The van der Waals surface area contributed by atoms with Gasteiger partial charge in [-0.25, -0.2) is 0 Å². The van der Waals surface area contributed by atoms with Gasteiger partial charge in [-0.2, -0.15) is 11.3 Å². The molecule has 0 aromatic carbocycles. The maximum absolute atomic E-state index is 11.9. The van der Waals surface area contributed by atoms with Crippen LogP contribution in [-0.2, 0) is 0 Å². The van der Waals surface area contributed by atoms with Crippen LogP contribution in [0.2, 0.25) is 0 Å². The predicted octanol–water partition coefficient (Wildman–Crippen LogP) is 2.85. The van der Waals surface area contributed by atoms with Crippen LogP contribution in [0.4, 0.5) is 0 Å². The summed E-state index contributed by atoms with van der Waals surface area (Å²) in [4.78, 5) is 11.9. The van der Waals surface area contributed by atoms with Crippen molar-refractivity contribution in [2.75, 3.05) is 6.54 Å². The molecule has 1 N–H and O–H groups in total. The molecule has 1 aromatic rings. The summed E-state index contributed by atoms with van der Waals surface area (Å²) in [6.07, 6.45) is 5.63. The lowest BCUT2D eigenvalue weighted by Crippen LogP contribution is -2.30. The van der Waals surface area contributed by atoms with Crippen molar-refractivity contribution in [3.8, 4) is 0 Å². The van der Waals surface area contributed by atoms with E-state index in [0.29, 0.717) is 12.5 Å². The highest BCUT2D eigenvalue weighted by Gasteiger charge is 2.16. The van der Waals surface area contributed by atoms with Crippen LogP contribution >= 0.6 is 11.3 Å². The second-order valence-electron chi connectivity index (χ2n) is 4.14. The molecular formula is C12H17NOS. The fourth-order valence-electron chi connectivity index (χ4n) is 2.04. The maximum atomic E-state index is 11.9. The van der Waals surface area contributed by atoms with Gasteiger partial charge < -0.3 is 5.32 Å². The van der Waals surface area contributed by atoms with Gasteiger partial charge in [0.25, 0.3) is 0 Å². The molecule has 3 heteroatoms. The van der Waals surface area contributed by atoms with Crippen LogP contribution in [0.3, 0.4) is 0 Å². The molecule has 0 amide bonds. The van der Waals surface area contributed by atoms with Crippen LogP contribution in [0.25, 0.3) is 0 Å². The van der Waals surface area contributed by atoms with Crippen LogP contribution < -0.4 is 5.32 Å². The first kappa shape index (κ1) is 10.8. The molecule has 1 saturated heterocycles. The smallest absolute Gasteiger partial charge is 0.165 e. The summed E-state index contributed by atoms with van der Waals surface area (Å²) < 4.78 is 0. The Kier molecular flexibility index (Phi) is 3.92. The lowest BCUT2D eigenvalue weighted by atomic mass is 10.0. The Bertz CT molecular complexity index is 299. The largest absolute Gasteiger partial charge is 0.314 e. The van der Waals surface area contributed by atoms with Crippen molar-refractivity contribution in [3.63, 3.8) is 0 Å². The van der Waals surface area contributed by atoms with Gasteiger partial charge in [0.05, 0.1) is 0 Å². The Morgan fingerprint density at radius 1 is 1.47 bits per heavy atom. The summed E-state index contributed by atoms with van der Waals surface area (Å²) >= 11 is 1.59. The maximum Gasteiger partial charge on any atom is 0.165 e. The summed E-state index contributed by atoms with van der Waals surface area (Å²) in [5, 5.41) is 7.37. The average molecular weight is 223 g/mol. The standard InChI is InChI=1S/C12H17NOS/c14-12(10-5-7-15-9-10)8-11-4-2-1-3-6-13-11/h5,7,9,11,13H,1-4,6,8H2. The van der Waals surface area contributed by atoms with Crippen molar-refractivity contribution in [2.24, 2.45) is 0 Å². The molecule has 0 radical (unpaired) electrons. The number of carbonyl (C=O) groups excluding carboxylic acids is 1. The quantitative estimate of drug-likeness (QED) is 0.798. The minimum Gasteiger partial charge on any atom is -0.314 e. The van der Waals surface area contributed by atoms with Crippen molar-refractivity contribution < 1.29 is 4.79 Å². The van der Waals surface area contributed by atoms with Gasteiger partial charge in [0.1, 0.15) is 0 Å². The third-order valence-electron chi connectivity index (χ3n) is 2.94. The first-order valence-electron chi connectivity index (χ1n) is 5.65. The van der Waals surface area contributed by atoms with E-state index in [1.165, 1.54) is 19.3 Å². The van der Waals surface area contributed by atoms with Crippen LogP contribution in [0.15, 0.2) is 16.8 Å². The third-order valence-corrected chi connectivity index (χ3v) is 3.62. The van der Waals surface area contributed by atoms with Gasteiger partial charge >= 0.3 is 0 Å². The molecule has 15 heavy (non-hydrogen) atoms. The van der Waals surface area contributed by atoms with Gasteiger partial charge in [-0.3, -0.25) is 4.79 Å². The van der Waals surface area contributed by atoms with Gasteiger partial charge in [0, 0.05) is 23.4 Å². The Balaban J connectivity index is 1.87. The number of Topliss-reactive ketones (excluding diaryl/α,β-unsaturated/α-hetero) is 1. The summed E-state index contributed by atoms with van der Waals surface area (Å²) in [5.74, 6) is 0.288. The Morgan fingerprint density at radius 3 is 3.20 bits per heavy atom. The molecule has 1 unspecified atom stereocenters. The second-order valence-corrected chi connectivity index (χ2v) is 4.92. The van der Waals surface area contributed by atoms with Crippen LogP contribution in [0.1, 0.15) is 42.5 Å². The van der Waals surface area contributed by atoms with Crippen molar-refractivity contribution in [2.45, 2.75) is 38.1 Å². The van der Waals surface area contributed by atoms with E-state index in [1.54, 1.807) is 11.3 Å². The number of hydrogen-bond donors (Lipinski definition) is 1. The molecule has 1 aliphatic rings. The van der Waals surface area contributed by atoms with E-state index >= 15 is 0 Å². The molecule has 0 aliphatic carbocycles. The van der Waals surface area contributed by atoms with Crippen molar-refractivity contribution in [1.29, 1.82) is 0 Å². The van der Waals surface area contributed by atoms with E-state index in [9.17, 15) is 4.79 Å². The molecule has 1 atom stereocenters. The highest BCUT2D eigenvalue weighted by Crippen LogP contribution is 2.15. The SMILES string of the molecule is O=C(CC1CCCCCN1)c1ccsc1. The van der Waals surface area contributed by atoms with Crippen molar-refractivity contribution in [1.82, 2.24) is 5.32 Å².